The Morgan fingerprint density at radius 2 is 1.52 bits per heavy atom. The number of hydrogen-bond donors (Lipinski definition) is 3. The first kappa shape index (κ1) is 19.4. The standard InChI is InChI=1S/C15H13Cl2NO4.ClH/c1-6-10(14(19)20)12(11(15(21)22)7(2)18-6)8-4-3-5-9(16)13(8)17;/h3-5,12,18H,1-2H3,(H,19,20)(H,21,22);1H. The third kappa shape index (κ3) is 3.47. The summed E-state index contributed by atoms with van der Waals surface area (Å²) in [6, 6.07) is 4.74. The van der Waals surface area contributed by atoms with Crippen molar-refractivity contribution in [3.05, 3.63) is 56.3 Å². The first-order valence-corrected chi connectivity index (χ1v) is 7.10. The lowest BCUT2D eigenvalue weighted by atomic mass is 9.80. The normalized spacial score (nSPS) is 15.1. The second-order valence-electron chi connectivity index (χ2n) is 4.89. The van der Waals surface area contributed by atoms with Gasteiger partial charge in [0, 0.05) is 11.4 Å². The summed E-state index contributed by atoms with van der Waals surface area (Å²) in [6.07, 6.45) is 0. The van der Waals surface area contributed by atoms with Crippen LogP contribution in [0.5, 0.6) is 0 Å². The van der Waals surface area contributed by atoms with Crippen LogP contribution in [0.2, 0.25) is 10.0 Å². The first-order valence-electron chi connectivity index (χ1n) is 6.34. The van der Waals surface area contributed by atoms with E-state index in [0.29, 0.717) is 17.0 Å². The quantitative estimate of drug-likeness (QED) is 0.744. The van der Waals surface area contributed by atoms with Crippen molar-refractivity contribution >= 4 is 47.5 Å². The summed E-state index contributed by atoms with van der Waals surface area (Å²) < 4.78 is 0. The van der Waals surface area contributed by atoms with Crippen LogP contribution in [0.25, 0.3) is 0 Å². The largest absolute Gasteiger partial charge is 0.478 e. The topological polar surface area (TPSA) is 86.6 Å². The van der Waals surface area contributed by atoms with Crippen LogP contribution < -0.4 is 5.32 Å². The molecule has 1 aromatic carbocycles. The van der Waals surface area contributed by atoms with Crippen LogP contribution in [0.4, 0.5) is 0 Å². The molecule has 0 saturated carbocycles. The maximum Gasteiger partial charge on any atom is 0.334 e. The van der Waals surface area contributed by atoms with Crippen LogP contribution in [-0.4, -0.2) is 22.2 Å². The van der Waals surface area contributed by atoms with Crippen LogP contribution >= 0.6 is 35.6 Å². The summed E-state index contributed by atoms with van der Waals surface area (Å²) in [5, 5.41) is 22.2. The van der Waals surface area contributed by atoms with E-state index in [4.69, 9.17) is 23.2 Å². The third-order valence-corrected chi connectivity index (χ3v) is 4.35. The van der Waals surface area contributed by atoms with E-state index in [2.05, 4.69) is 5.32 Å². The number of rotatable bonds is 3. The van der Waals surface area contributed by atoms with Crippen molar-refractivity contribution < 1.29 is 19.8 Å². The van der Waals surface area contributed by atoms with E-state index in [0.717, 1.165) is 0 Å². The number of dihydropyridines is 1. The number of nitrogens with one attached hydrogen (secondary N) is 1. The van der Waals surface area contributed by atoms with Crippen molar-refractivity contribution in [3.63, 3.8) is 0 Å². The van der Waals surface area contributed by atoms with E-state index in [-0.39, 0.29) is 33.6 Å². The highest BCUT2D eigenvalue weighted by Gasteiger charge is 2.37. The molecule has 0 radical (unpaired) electrons. The first-order chi connectivity index (χ1) is 10.3. The molecule has 0 bridgehead atoms. The van der Waals surface area contributed by atoms with Crippen molar-refractivity contribution in [3.8, 4) is 0 Å². The maximum atomic E-state index is 11.6. The van der Waals surface area contributed by atoms with Crippen LogP contribution in [0.3, 0.4) is 0 Å². The molecule has 1 aromatic rings. The second-order valence-corrected chi connectivity index (χ2v) is 5.67. The van der Waals surface area contributed by atoms with Gasteiger partial charge in [-0.3, -0.25) is 0 Å². The fraction of sp³-hybridized carbons (Fsp3) is 0.200. The smallest absolute Gasteiger partial charge is 0.334 e. The summed E-state index contributed by atoms with van der Waals surface area (Å²) in [4.78, 5) is 23.3. The number of benzene rings is 1. The van der Waals surface area contributed by atoms with Gasteiger partial charge in [0.2, 0.25) is 0 Å². The van der Waals surface area contributed by atoms with Gasteiger partial charge in [-0.25, -0.2) is 9.59 Å². The number of aliphatic carboxylic acids is 2. The molecule has 0 aromatic heterocycles. The van der Waals surface area contributed by atoms with Crippen molar-refractivity contribution in [2.24, 2.45) is 0 Å². The molecular formula is C15H14Cl3NO4. The molecule has 5 nitrogen and oxygen atoms in total. The van der Waals surface area contributed by atoms with E-state index < -0.39 is 17.9 Å². The van der Waals surface area contributed by atoms with Crippen LogP contribution in [0.15, 0.2) is 40.7 Å². The highest BCUT2D eigenvalue weighted by atomic mass is 35.5. The highest BCUT2D eigenvalue weighted by Crippen LogP contribution is 2.42. The molecule has 1 heterocycles. The van der Waals surface area contributed by atoms with E-state index in [1.807, 2.05) is 0 Å². The van der Waals surface area contributed by atoms with E-state index >= 15 is 0 Å². The van der Waals surface area contributed by atoms with E-state index in [9.17, 15) is 19.8 Å². The van der Waals surface area contributed by atoms with Gasteiger partial charge in [0.15, 0.2) is 0 Å². The minimum atomic E-state index is -1.21. The maximum absolute atomic E-state index is 11.6. The summed E-state index contributed by atoms with van der Waals surface area (Å²) in [6.45, 7) is 3.16. The summed E-state index contributed by atoms with van der Waals surface area (Å²) in [5.41, 5.74) is 0.968. The van der Waals surface area contributed by atoms with Crippen LogP contribution in [0, 0.1) is 0 Å². The van der Waals surface area contributed by atoms with Gasteiger partial charge in [-0.15, -0.1) is 12.4 Å². The summed E-state index contributed by atoms with van der Waals surface area (Å²) in [7, 11) is 0. The van der Waals surface area contributed by atoms with Gasteiger partial charge in [-0.1, -0.05) is 35.3 Å². The van der Waals surface area contributed by atoms with Crippen molar-refractivity contribution in [2.75, 3.05) is 0 Å². The van der Waals surface area contributed by atoms with Crippen molar-refractivity contribution in [1.29, 1.82) is 0 Å². The highest BCUT2D eigenvalue weighted by molar-refractivity contribution is 6.42. The summed E-state index contributed by atoms with van der Waals surface area (Å²) in [5.74, 6) is -3.42. The fourth-order valence-electron chi connectivity index (χ4n) is 2.62. The predicted molar refractivity (Wildman–Crippen MR) is 90.3 cm³/mol. The average molecular weight is 379 g/mol. The van der Waals surface area contributed by atoms with Gasteiger partial charge in [0.05, 0.1) is 27.1 Å². The lowest BCUT2D eigenvalue weighted by Crippen LogP contribution is -2.31. The molecule has 0 unspecified atom stereocenters. The molecule has 3 N–H and O–H groups in total. The molecule has 0 fully saturated rings. The Balaban J connectivity index is 0.00000264. The number of hydrogen-bond acceptors (Lipinski definition) is 3. The second kappa shape index (κ2) is 7.25. The van der Waals surface area contributed by atoms with Gasteiger partial charge in [-0.05, 0) is 25.5 Å². The molecular weight excluding hydrogens is 365 g/mol. The predicted octanol–water partition coefficient (Wildman–Crippen LogP) is 3.82. The Morgan fingerprint density at radius 1 is 1.04 bits per heavy atom. The molecule has 0 aliphatic carbocycles. The molecule has 0 atom stereocenters. The average Bonchev–Trinajstić information content (AvgIpc) is 2.39. The monoisotopic (exact) mass is 377 g/mol. The van der Waals surface area contributed by atoms with Gasteiger partial charge in [-0.2, -0.15) is 0 Å². The molecule has 2 rings (SSSR count). The number of halogens is 3. The van der Waals surface area contributed by atoms with Crippen molar-refractivity contribution in [1.82, 2.24) is 5.32 Å². The minimum Gasteiger partial charge on any atom is -0.478 e. The molecule has 0 saturated heterocycles. The molecule has 23 heavy (non-hydrogen) atoms. The minimum absolute atomic E-state index is 0. The van der Waals surface area contributed by atoms with Gasteiger partial charge in [0.25, 0.3) is 0 Å². The Labute approximate surface area is 149 Å². The summed E-state index contributed by atoms with van der Waals surface area (Å²) >= 11 is 12.2. The molecule has 8 heteroatoms. The number of carbonyl (C=O) groups is 2. The molecule has 1 aliphatic rings. The Bertz CT molecular complexity index is 704. The van der Waals surface area contributed by atoms with E-state index in [1.165, 1.54) is 0 Å². The van der Waals surface area contributed by atoms with Gasteiger partial charge >= 0.3 is 11.9 Å². The Kier molecular flexibility index (Phi) is 6.11. The van der Waals surface area contributed by atoms with Crippen molar-refractivity contribution in [2.45, 2.75) is 19.8 Å². The molecule has 0 amide bonds. The lowest BCUT2D eigenvalue weighted by molar-refractivity contribution is -0.133. The number of carboxylic acids is 2. The number of carboxylic acid groups (broad SMARTS) is 2. The lowest BCUT2D eigenvalue weighted by Gasteiger charge is -2.29. The molecule has 1 aliphatic heterocycles. The van der Waals surface area contributed by atoms with Gasteiger partial charge in [0.1, 0.15) is 0 Å². The molecule has 124 valence electrons. The zero-order valence-corrected chi connectivity index (χ0v) is 14.5. The Hall–Kier alpha value is -1.69. The SMILES string of the molecule is CC1=C(C(=O)O)C(c2cccc(Cl)c2Cl)C(C(=O)O)=C(C)N1.Cl. The Morgan fingerprint density at radius 3 is 1.96 bits per heavy atom. The molecule has 0 spiro atoms. The fourth-order valence-corrected chi connectivity index (χ4v) is 3.03. The van der Waals surface area contributed by atoms with E-state index in [1.54, 1.807) is 32.0 Å². The zero-order chi connectivity index (χ0) is 16.6. The zero-order valence-electron chi connectivity index (χ0n) is 12.2. The van der Waals surface area contributed by atoms with Gasteiger partial charge < -0.3 is 15.5 Å². The van der Waals surface area contributed by atoms with Crippen LogP contribution in [-0.2, 0) is 9.59 Å². The number of allylic oxidation sites excluding steroid dienone is 2. The van der Waals surface area contributed by atoms with Crippen LogP contribution in [0.1, 0.15) is 25.3 Å². The third-order valence-electron chi connectivity index (χ3n) is 3.51.